The van der Waals surface area contributed by atoms with E-state index in [1.165, 1.54) is 16.8 Å². The van der Waals surface area contributed by atoms with Crippen LogP contribution in [0.5, 0.6) is 0 Å². The highest BCUT2D eigenvalue weighted by molar-refractivity contribution is 5.17. The summed E-state index contributed by atoms with van der Waals surface area (Å²) in [6.45, 7) is 2.08. The fourth-order valence-electron chi connectivity index (χ4n) is 1.31. The molecule has 0 saturated heterocycles. The Bertz CT molecular complexity index is 530. The van der Waals surface area contributed by atoms with Crippen molar-refractivity contribution in [1.82, 2.24) is 15.0 Å². The third-order valence-corrected chi connectivity index (χ3v) is 2.17. The van der Waals surface area contributed by atoms with E-state index in [2.05, 4.69) is 10.3 Å². The van der Waals surface area contributed by atoms with Crippen LogP contribution in [0.1, 0.15) is 24.4 Å². The van der Waals surface area contributed by atoms with Gasteiger partial charge in [-0.25, -0.2) is 4.68 Å². The highest BCUT2D eigenvalue weighted by atomic mass is 16.6. The van der Waals surface area contributed by atoms with Crippen LogP contribution in [0.15, 0.2) is 22.7 Å². The van der Waals surface area contributed by atoms with Gasteiger partial charge in [0.2, 0.25) is 0 Å². The molecule has 0 bridgehead atoms. The third kappa shape index (κ3) is 2.48. The van der Waals surface area contributed by atoms with E-state index >= 15 is 0 Å². The number of aromatic nitrogens is 3. The van der Waals surface area contributed by atoms with E-state index in [-0.39, 0.29) is 18.5 Å². The van der Waals surface area contributed by atoms with Crippen LogP contribution in [0.3, 0.4) is 0 Å². The zero-order chi connectivity index (χ0) is 12.4. The summed E-state index contributed by atoms with van der Waals surface area (Å²) in [6, 6.07) is 2.64. The van der Waals surface area contributed by atoms with Crippen LogP contribution in [0.4, 0.5) is 5.88 Å². The number of furan rings is 1. The fourth-order valence-corrected chi connectivity index (χ4v) is 1.31. The molecule has 1 unspecified atom stereocenters. The van der Waals surface area contributed by atoms with Crippen molar-refractivity contribution in [2.75, 3.05) is 0 Å². The Morgan fingerprint density at radius 3 is 2.94 bits per heavy atom. The molecule has 8 nitrogen and oxygen atoms in total. The Labute approximate surface area is 96.2 Å². The molecule has 0 aliphatic rings. The van der Waals surface area contributed by atoms with Gasteiger partial charge in [0.1, 0.15) is 17.2 Å². The van der Waals surface area contributed by atoms with Crippen molar-refractivity contribution in [3.63, 3.8) is 0 Å². The topological polar surface area (TPSA) is 113 Å². The first-order valence-corrected chi connectivity index (χ1v) is 4.95. The molecule has 0 amide bonds. The van der Waals surface area contributed by atoms with E-state index in [1.54, 1.807) is 13.1 Å². The van der Waals surface area contributed by atoms with Gasteiger partial charge in [0.05, 0.1) is 18.0 Å². The molecular formula is C9H11N5O3. The summed E-state index contributed by atoms with van der Waals surface area (Å²) in [5, 5.41) is 18.1. The number of hydrogen-bond acceptors (Lipinski definition) is 6. The van der Waals surface area contributed by atoms with Gasteiger partial charge < -0.3 is 10.2 Å². The van der Waals surface area contributed by atoms with Crippen molar-refractivity contribution in [2.45, 2.75) is 19.5 Å². The minimum Gasteiger partial charge on any atom is -0.404 e. The molecule has 2 aromatic heterocycles. The van der Waals surface area contributed by atoms with E-state index in [4.69, 9.17) is 10.2 Å². The van der Waals surface area contributed by atoms with Crippen molar-refractivity contribution in [2.24, 2.45) is 5.73 Å². The maximum atomic E-state index is 10.4. The molecule has 90 valence electrons. The average Bonchev–Trinajstić information content (AvgIpc) is 2.87. The molecular weight excluding hydrogens is 226 g/mol. The first-order chi connectivity index (χ1) is 8.06. The van der Waals surface area contributed by atoms with E-state index in [9.17, 15) is 10.1 Å². The molecule has 0 radical (unpaired) electrons. The smallest absolute Gasteiger partial charge is 0.404 e. The van der Waals surface area contributed by atoms with Crippen molar-refractivity contribution in [1.29, 1.82) is 0 Å². The minimum absolute atomic E-state index is 0.199. The Hall–Kier alpha value is -2.22. The number of nitro groups is 1. The lowest BCUT2D eigenvalue weighted by Crippen LogP contribution is -2.05. The molecule has 0 spiro atoms. The van der Waals surface area contributed by atoms with Gasteiger partial charge in [-0.05, 0) is 13.0 Å². The minimum atomic E-state index is -0.585. The summed E-state index contributed by atoms with van der Waals surface area (Å²) >= 11 is 0. The number of nitrogens with zero attached hydrogens (tertiary/aromatic N) is 4. The molecule has 0 aliphatic heterocycles. The van der Waals surface area contributed by atoms with Crippen molar-refractivity contribution in [3.8, 4) is 0 Å². The second kappa shape index (κ2) is 4.34. The highest BCUT2D eigenvalue weighted by Gasteiger charge is 2.13. The second-order valence-electron chi connectivity index (χ2n) is 3.63. The summed E-state index contributed by atoms with van der Waals surface area (Å²) in [5.41, 5.74) is 6.29. The first-order valence-electron chi connectivity index (χ1n) is 4.95. The summed E-state index contributed by atoms with van der Waals surface area (Å²) in [7, 11) is 0. The van der Waals surface area contributed by atoms with E-state index in [1.807, 2.05) is 0 Å². The average molecular weight is 237 g/mol. The molecule has 8 heteroatoms. The van der Waals surface area contributed by atoms with Crippen LogP contribution >= 0.6 is 0 Å². The lowest BCUT2D eigenvalue weighted by molar-refractivity contribution is -0.402. The SMILES string of the molecule is CC(N)c1cn(Cc2ccc([N+](=O)[O-])o2)nn1. The lowest BCUT2D eigenvalue weighted by Gasteiger charge is -1.96. The number of rotatable bonds is 4. The van der Waals surface area contributed by atoms with E-state index < -0.39 is 4.92 Å². The zero-order valence-electron chi connectivity index (χ0n) is 9.11. The zero-order valence-corrected chi connectivity index (χ0v) is 9.11. The van der Waals surface area contributed by atoms with Gasteiger partial charge in [-0.15, -0.1) is 5.10 Å². The van der Waals surface area contributed by atoms with Gasteiger partial charge >= 0.3 is 5.88 Å². The molecule has 2 N–H and O–H groups in total. The molecule has 2 aromatic rings. The summed E-state index contributed by atoms with van der Waals surface area (Å²) in [6.07, 6.45) is 1.68. The van der Waals surface area contributed by atoms with Crippen LogP contribution < -0.4 is 5.73 Å². The van der Waals surface area contributed by atoms with Crippen LogP contribution in [0.2, 0.25) is 0 Å². The van der Waals surface area contributed by atoms with Crippen LogP contribution in [-0.2, 0) is 6.54 Å². The largest absolute Gasteiger partial charge is 0.433 e. The van der Waals surface area contributed by atoms with Gasteiger partial charge in [-0.3, -0.25) is 10.1 Å². The quantitative estimate of drug-likeness (QED) is 0.622. The molecule has 0 aromatic carbocycles. The molecule has 0 saturated carbocycles. The van der Waals surface area contributed by atoms with Crippen LogP contribution in [0.25, 0.3) is 0 Å². The van der Waals surface area contributed by atoms with Crippen molar-refractivity contribution < 1.29 is 9.34 Å². The van der Waals surface area contributed by atoms with Crippen molar-refractivity contribution >= 4 is 5.88 Å². The fraction of sp³-hybridized carbons (Fsp3) is 0.333. The normalized spacial score (nSPS) is 12.6. The van der Waals surface area contributed by atoms with Gasteiger partial charge in [-0.2, -0.15) is 0 Å². The summed E-state index contributed by atoms with van der Waals surface area (Å²) in [4.78, 5) is 9.84. The van der Waals surface area contributed by atoms with E-state index in [0.717, 1.165) is 0 Å². The highest BCUT2D eigenvalue weighted by Crippen LogP contribution is 2.16. The predicted octanol–water partition coefficient (Wildman–Crippen LogP) is 0.847. The Balaban J connectivity index is 2.11. The van der Waals surface area contributed by atoms with Gasteiger partial charge in [0, 0.05) is 6.04 Å². The molecule has 2 heterocycles. The maximum Gasteiger partial charge on any atom is 0.433 e. The summed E-state index contributed by atoms with van der Waals surface area (Å²) in [5.74, 6) is 0.158. The maximum absolute atomic E-state index is 10.4. The lowest BCUT2D eigenvalue weighted by atomic mass is 10.3. The van der Waals surface area contributed by atoms with Gasteiger partial charge in [0.15, 0.2) is 0 Å². The Morgan fingerprint density at radius 2 is 2.41 bits per heavy atom. The standard InChI is InChI=1S/C9H11N5O3/c1-6(10)8-5-13(12-11-8)4-7-2-3-9(17-7)14(15)16/h2-3,5-6H,4,10H2,1H3. The predicted molar refractivity (Wildman–Crippen MR) is 57.1 cm³/mol. The second-order valence-corrected chi connectivity index (χ2v) is 3.63. The summed E-state index contributed by atoms with van der Waals surface area (Å²) < 4.78 is 6.51. The van der Waals surface area contributed by atoms with Crippen molar-refractivity contribution in [3.05, 3.63) is 39.9 Å². The Kier molecular flexibility index (Phi) is 2.88. The number of nitrogens with two attached hydrogens (primary N) is 1. The molecule has 1 atom stereocenters. The Morgan fingerprint density at radius 1 is 1.65 bits per heavy atom. The molecule has 0 aliphatic carbocycles. The molecule has 0 fully saturated rings. The molecule has 17 heavy (non-hydrogen) atoms. The van der Waals surface area contributed by atoms with E-state index in [0.29, 0.717) is 11.5 Å². The third-order valence-electron chi connectivity index (χ3n) is 2.17. The molecule has 2 rings (SSSR count). The monoisotopic (exact) mass is 237 g/mol. The van der Waals surface area contributed by atoms with Crippen LogP contribution in [0, 0.1) is 10.1 Å². The first kappa shape index (κ1) is 11.3. The van der Waals surface area contributed by atoms with Crippen LogP contribution in [-0.4, -0.2) is 19.9 Å². The van der Waals surface area contributed by atoms with Gasteiger partial charge in [-0.1, -0.05) is 5.21 Å². The number of hydrogen-bond donors (Lipinski definition) is 1. The van der Waals surface area contributed by atoms with Gasteiger partial charge in [0.25, 0.3) is 0 Å².